The summed E-state index contributed by atoms with van der Waals surface area (Å²) in [6.45, 7) is 4.03. The Morgan fingerprint density at radius 3 is 3.05 bits per heavy atom. The van der Waals surface area contributed by atoms with Crippen molar-refractivity contribution >= 4 is 16.6 Å². The number of hydrogen-bond donors (Lipinski definition) is 1. The molecule has 3 nitrogen and oxygen atoms in total. The molecule has 0 bridgehead atoms. The Labute approximate surface area is 120 Å². The molecular formula is C17H23N3. The smallest absolute Gasteiger partial charge is 0.0726 e. The first kappa shape index (κ1) is 13.4. The lowest BCUT2D eigenvalue weighted by molar-refractivity contribution is 0.586. The number of anilines is 1. The van der Waals surface area contributed by atoms with Crippen LogP contribution in [0.25, 0.3) is 10.9 Å². The first-order valence-electron chi connectivity index (χ1n) is 7.62. The number of para-hydroxylation sites is 1. The Morgan fingerprint density at radius 1 is 1.35 bits per heavy atom. The molecule has 0 amide bonds. The summed E-state index contributed by atoms with van der Waals surface area (Å²) in [6.07, 6.45) is 4.88. The van der Waals surface area contributed by atoms with Gasteiger partial charge in [0.1, 0.15) is 0 Å². The van der Waals surface area contributed by atoms with E-state index in [1.54, 1.807) is 0 Å². The molecule has 106 valence electrons. The zero-order valence-corrected chi connectivity index (χ0v) is 12.2. The van der Waals surface area contributed by atoms with Crippen LogP contribution in [0.2, 0.25) is 0 Å². The lowest BCUT2D eigenvalue weighted by atomic mass is 10.1. The van der Waals surface area contributed by atoms with Crippen LogP contribution >= 0.6 is 0 Å². The third-order valence-corrected chi connectivity index (χ3v) is 4.25. The van der Waals surface area contributed by atoms with Crippen LogP contribution in [-0.2, 0) is 0 Å². The van der Waals surface area contributed by atoms with E-state index in [-0.39, 0.29) is 0 Å². The van der Waals surface area contributed by atoms with Gasteiger partial charge in [-0.3, -0.25) is 4.98 Å². The van der Waals surface area contributed by atoms with Crippen LogP contribution in [0.4, 0.5) is 5.69 Å². The predicted octanol–water partition coefficient (Wildman–Crippen LogP) is 3.25. The van der Waals surface area contributed by atoms with Gasteiger partial charge in [0.15, 0.2) is 0 Å². The molecular weight excluding hydrogens is 246 g/mol. The number of aryl methyl sites for hydroxylation is 1. The normalized spacial score (nSPS) is 18.9. The van der Waals surface area contributed by atoms with Gasteiger partial charge in [0.05, 0.1) is 5.52 Å². The first-order valence-corrected chi connectivity index (χ1v) is 7.62. The molecule has 1 aromatic carbocycles. The van der Waals surface area contributed by atoms with E-state index in [2.05, 4.69) is 47.1 Å². The molecule has 1 saturated heterocycles. The molecule has 0 saturated carbocycles. The fourth-order valence-electron chi connectivity index (χ4n) is 3.33. The van der Waals surface area contributed by atoms with Gasteiger partial charge in [-0.2, -0.15) is 0 Å². The van der Waals surface area contributed by atoms with Crippen molar-refractivity contribution < 1.29 is 0 Å². The summed E-state index contributed by atoms with van der Waals surface area (Å²) < 4.78 is 0. The highest BCUT2D eigenvalue weighted by Gasteiger charge is 2.25. The zero-order chi connectivity index (χ0) is 13.9. The minimum Gasteiger partial charge on any atom is -0.368 e. The molecule has 2 N–H and O–H groups in total. The van der Waals surface area contributed by atoms with Crippen LogP contribution in [-0.4, -0.2) is 24.1 Å². The van der Waals surface area contributed by atoms with Gasteiger partial charge < -0.3 is 10.6 Å². The predicted molar refractivity (Wildman–Crippen MR) is 85.1 cm³/mol. The molecule has 0 spiro atoms. The SMILES string of the molecule is Cc1cc(N2CCCC2CCCN)c2ccccc2n1. The highest BCUT2D eigenvalue weighted by molar-refractivity contribution is 5.92. The lowest BCUT2D eigenvalue weighted by Crippen LogP contribution is -2.30. The summed E-state index contributed by atoms with van der Waals surface area (Å²) in [5.41, 5.74) is 9.24. The quantitative estimate of drug-likeness (QED) is 0.926. The van der Waals surface area contributed by atoms with Crippen molar-refractivity contribution in [3.8, 4) is 0 Å². The van der Waals surface area contributed by atoms with Crippen molar-refractivity contribution in [2.24, 2.45) is 5.73 Å². The van der Waals surface area contributed by atoms with Gasteiger partial charge in [-0.15, -0.1) is 0 Å². The molecule has 3 rings (SSSR count). The maximum absolute atomic E-state index is 5.68. The Bertz CT molecular complexity index is 594. The molecule has 0 radical (unpaired) electrons. The number of nitrogens with zero attached hydrogens (tertiary/aromatic N) is 2. The standard InChI is InChI=1S/C17H23N3/c1-13-12-17(15-8-2-3-9-16(15)19-13)20-11-5-7-14(20)6-4-10-18/h2-3,8-9,12,14H,4-7,10-11,18H2,1H3. The number of rotatable bonds is 4. The van der Waals surface area contributed by atoms with Crippen molar-refractivity contribution in [1.82, 2.24) is 4.98 Å². The summed E-state index contributed by atoms with van der Waals surface area (Å²) in [5.74, 6) is 0. The summed E-state index contributed by atoms with van der Waals surface area (Å²) in [7, 11) is 0. The van der Waals surface area contributed by atoms with Gasteiger partial charge in [-0.25, -0.2) is 0 Å². The van der Waals surface area contributed by atoms with Crippen molar-refractivity contribution in [2.75, 3.05) is 18.0 Å². The highest BCUT2D eigenvalue weighted by Crippen LogP contribution is 2.33. The zero-order valence-electron chi connectivity index (χ0n) is 12.2. The molecule has 20 heavy (non-hydrogen) atoms. The van der Waals surface area contributed by atoms with Gasteiger partial charge in [-0.1, -0.05) is 18.2 Å². The van der Waals surface area contributed by atoms with E-state index >= 15 is 0 Å². The Kier molecular flexibility index (Phi) is 3.88. The number of nitrogens with two attached hydrogens (primary N) is 1. The summed E-state index contributed by atoms with van der Waals surface area (Å²) in [6, 6.07) is 11.3. The fraction of sp³-hybridized carbons (Fsp3) is 0.471. The van der Waals surface area contributed by atoms with Gasteiger partial charge in [0.2, 0.25) is 0 Å². The molecule has 2 heterocycles. The molecule has 1 aliphatic rings. The topological polar surface area (TPSA) is 42.1 Å². The van der Waals surface area contributed by atoms with E-state index in [9.17, 15) is 0 Å². The summed E-state index contributed by atoms with van der Waals surface area (Å²) in [4.78, 5) is 7.22. The molecule has 1 unspecified atom stereocenters. The minimum atomic E-state index is 0.642. The van der Waals surface area contributed by atoms with E-state index in [4.69, 9.17) is 5.73 Å². The maximum Gasteiger partial charge on any atom is 0.0726 e. The van der Waals surface area contributed by atoms with E-state index in [0.717, 1.165) is 30.7 Å². The number of pyridine rings is 1. The molecule has 1 aromatic heterocycles. The number of benzene rings is 1. The number of fused-ring (bicyclic) bond motifs is 1. The van der Waals surface area contributed by atoms with Crippen molar-refractivity contribution in [1.29, 1.82) is 0 Å². The second-order valence-electron chi connectivity index (χ2n) is 5.72. The average Bonchev–Trinajstić information content (AvgIpc) is 2.92. The highest BCUT2D eigenvalue weighted by atomic mass is 15.2. The largest absolute Gasteiger partial charge is 0.368 e. The lowest BCUT2D eigenvalue weighted by Gasteiger charge is -2.28. The number of aromatic nitrogens is 1. The summed E-state index contributed by atoms with van der Waals surface area (Å²) >= 11 is 0. The van der Waals surface area contributed by atoms with Crippen LogP contribution in [0.3, 0.4) is 0 Å². The third-order valence-electron chi connectivity index (χ3n) is 4.25. The van der Waals surface area contributed by atoms with Gasteiger partial charge >= 0.3 is 0 Å². The van der Waals surface area contributed by atoms with Crippen LogP contribution < -0.4 is 10.6 Å². The molecule has 1 atom stereocenters. The third kappa shape index (κ3) is 2.50. The second kappa shape index (κ2) is 5.80. The van der Waals surface area contributed by atoms with E-state index in [1.165, 1.54) is 30.3 Å². The van der Waals surface area contributed by atoms with E-state index in [1.807, 2.05) is 0 Å². The van der Waals surface area contributed by atoms with Crippen molar-refractivity contribution in [2.45, 2.75) is 38.6 Å². The molecule has 1 aliphatic heterocycles. The van der Waals surface area contributed by atoms with Crippen molar-refractivity contribution in [3.63, 3.8) is 0 Å². The summed E-state index contributed by atoms with van der Waals surface area (Å²) in [5, 5.41) is 1.28. The molecule has 3 heteroatoms. The maximum atomic E-state index is 5.68. The second-order valence-corrected chi connectivity index (χ2v) is 5.72. The monoisotopic (exact) mass is 269 g/mol. The van der Waals surface area contributed by atoms with E-state index in [0.29, 0.717) is 6.04 Å². The Hall–Kier alpha value is -1.61. The Balaban J connectivity index is 2.00. The van der Waals surface area contributed by atoms with Gasteiger partial charge in [0, 0.05) is 29.4 Å². The first-order chi connectivity index (χ1) is 9.79. The number of hydrogen-bond acceptors (Lipinski definition) is 3. The van der Waals surface area contributed by atoms with Gasteiger partial charge in [-0.05, 0) is 51.3 Å². The average molecular weight is 269 g/mol. The van der Waals surface area contributed by atoms with Crippen LogP contribution in [0.15, 0.2) is 30.3 Å². The van der Waals surface area contributed by atoms with Crippen LogP contribution in [0, 0.1) is 6.92 Å². The van der Waals surface area contributed by atoms with E-state index < -0.39 is 0 Å². The van der Waals surface area contributed by atoms with Crippen molar-refractivity contribution in [3.05, 3.63) is 36.0 Å². The van der Waals surface area contributed by atoms with Crippen LogP contribution in [0.5, 0.6) is 0 Å². The fourth-order valence-corrected chi connectivity index (χ4v) is 3.33. The Morgan fingerprint density at radius 2 is 2.20 bits per heavy atom. The molecule has 1 fully saturated rings. The van der Waals surface area contributed by atoms with Gasteiger partial charge in [0.25, 0.3) is 0 Å². The molecule has 0 aliphatic carbocycles. The molecule has 2 aromatic rings. The minimum absolute atomic E-state index is 0.642. The van der Waals surface area contributed by atoms with Crippen LogP contribution in [0.1, 0.15) is 31.4 Å².